The van der Waals surface area contributed by atoms with E-state index in [0.29, 0.717) is 5.56 Å². The minimum atomic E-state index is -4.36. The van der Waals surface area contributed by atoms with E-state index in [1.165, 1.54) is 23.3 Å². The van der Waals surface area contributed by atoms with Gasteiger partial charge in [-0.25, -0.2) is 0 Å². The summed E-state index contributed by atoms with van der Waals surface area (Å²) >= 11 is 0. The maximum atomic E-state index is 13.5. The Bertz CT molecular complexity index is 1160. The van der Waals surface area contributed by atoms with Crippen LogP contribution in [0.1, 0.15) is 35.1 Å². The molecule has 3 aromatic rings. The quantitative estimate of drug-likeness (QED) is 0.434. The van der Waals surface area contributed by atoms with Gasteiger partial charge in [-0.05, 0) is 48.2 Å². The van der Waals surface area contributed by atoms with Gasteiger partial charge in [-0.15, -0.1) is 0 Å². The first-order chi connectivity index (χ1) is 15.4. The molecule has 0 radical (unpaired) electrons. The lowest BCUT2D eigenvalue weighted by atomic mass is 9.83. The molecule has 0 atom stereocenters. The van der Waals surface area contributed by atoms with Crippen molar-refractivity contribution in [3.05, 3.63) is 101 Å². The van der Waals surface area contributed by atoms with E-state index in [4.69, 9.17) is 0 Å². The highest BCUT2D eigenvalue weighted by Gasteiger charge is 2.34. The molecule has 2 heterocycles. The second kappa shape index (κ2) is 8.14. The summed E-state index contributed by atoms with van der Waals surface area (Å²) in [5, 5.41) is 0. The van der Waals surface area contributed by atoms with E-state index in [9.17, 15) is 13.2 Å². The van der Waals surface area contributed by atoms with Gasteiger partial charge in [0.2, 0.25) is 0 Å². The lowest BCUT2D eigenvalue weighted by molar-refractivity contribution is -0.137. The zero-order chi connectivity index (χ0) is 22.3. The van der Waals surface area contributed by atoms with Crippen LogP contribution in [-0.4, -0.2) is 25.0 Å². The maximum Gasteiger partial charge on any atom is 0.416 e. The van der Waals surface area contributed by atoms with Crippen molar-refractivity contribution in [2.45, 2.75) is 25.6 Å². The molecule has 0 amide bonds. The number of halogens is 3. The Morgan fingerprint density at radius 1 is 0.781 bits per heavy atom. The van der Waals surface area contributed by atoms with Crippen molar-refractivity contribution >= 4 is 16.9 Å². The smallest absolute Gasteiger partial charge is 0.344 e. The van der Waals surface area contributed by atoms with E-state index in [2.05, 4.69) is 29.2 Å². The van der Waals surface area contributed by atoms with E-state index in [-0.39, 0.29) is 0 Å². The first kappa shape index (κ1) is 20.8. The molecule has 32 heavy (non-hydrogen) atoms. The fraction of sp³-hybridized carbons (Fsp3) is 0.259. The standard InChI is InChI=1S/C27H25F3N2/c1-31-24-10-6-5-9-22(24)26(23-17-21(27(28,29)30)11-12-25(23)31)20-13-15-32(16-14-20)18-19-7-3-2-4-8-19/h2-12,17H,13-16,18H2,1H3. The van der Waals surface area contributed by atoms with Crippen molar-refractivity contribution in [1.29, 1.82) is 0 Å². The van der Waals surface area contributed by atoms with E-state index in [0.717, 1.165) is 55.0 Å². The SMILES string of the molecule is CN1c2ccccc2C(=C2CCN(Cc3ccccc3)CC2)c2cc(C(F)(F)F)ccc21. The summed E-state index contributed by atoms with van der Waals surface area (Å²) in [6.45, 7) is 2.71. The molecule has 1 fully saturated rings. The first-order valence-corrected chi connectivity index (χ1v) is 10.9. The summed E-state index contributed by atoms with van der Waals surface area (Å²) in [5.74, 6) is 0. The van der Waals surface area contributed by atoms with Crippen molar-refractivity contribution in [1.82, 2.24) is 4.90 Å². The Labute approximate surface area is 186 Å². The van der Waals surface area contributed by atoms with Gasteiger partial charge >= 0.3 is 6.18 Å². The fourth-order valence-electron chi connectivity index (χ4n) is 4.91. The van der Waals surface area contributed by atoms with Crippen LogP contribution in [-0.2, 0) is 12.7 Å². The predicted octanol–water partition coefficient (Wildman–Crippen LogP) is 6.88. The number of anilines is 2. The van der Waals surface area contributed by atoms with Crippen molar-refractivity contribution in [3.63, 3.8) is 0 Å². The van der Waals surface area contributed by atoms with Gasteiger partial charge in [0.05, 0.1) is 5.56 Å². The maximum absolute atomic E-state index is 13.5. The molecule has 1 saturated heterocycles. The van der Waals surface area contributed by atoms with Gasteiger partial charge < -0.3 is 4.90 Å². The number of hydrogen-bond acceptors (Lipinski definition) is 2. The molecule has 2 aliphatic rings. The van der Waals surface area contributed by atoms with Crippen LogP contribution in [0.4, 0.5) is 24.5 Å². The van der Waals surface area contributed by atoms with Gasteiger partial charge in [-0.1, -0.05) is 54.1 Å². The van der Waals surface area contributed by atoms with Crippen LogP contribution >= 0.6 is 0 Å². The number of rotatable bonds is 2. The van der Waals surface area contributed by atoms with E-state index in [1.54, 1.807) is 6.07 Å². The highest BCUT2D eigenvalue weighted by Crippen LogP contribution is 2.48. The average Bonchev–Trinajstić information content (AvgIpc) is 2.80. The summed E-state index contributed by atoms with van der Waals surface area (Å²) < 4.78 is 40.6. The van der Waals surface area contributed by atoms with Crippen molar-refractivity contribution in [3.8, 4) is 0 Å². The van der Waals surface area contributed by atoms with Crippen LogP contribution in [0.2, 0.25) is 0 Å². The minimum Gasteiger partial charge on any atom is -0.344 e. The Morgan fingerprint density at radius 2 is 1.44 bits per heavy atom. The molecule has 164 valence electrons. The van der Waals surface area contributed by atoms with Crippen LogP contribution in [0.5, 0.6) is 0 Å². The third-order valence-electron chi connectivity index (χ3n) is 6.55. The molecule has 0 unspecified atom stereocenters. The summed E-state index contributed by atoms with van der Waals surface area (Å²) in [5.41, 5.74) is 6.49. The van der Waals surface area contributed by atoms with Crippen molar-refractivity contribution < 1.29 is 13.2 Å². The number of piperidine rings is 1. The minimum absolute atomic E-state index is 0.594. The number of likely N-dealkylation sites (tertiary alicyclic amines) is 1. The molecule has 2 aliphatic heterocycles. The Balaban J connectivity index is 1.54. The predicted molar refractivity (Wildman–Crippen MR) is 123 cm³/mol. The number of fused-ring (bicyclic) bond motifs is 2. The number of benzene rings is 3. The molecule has 3 aromatic carbocycles. The number of hydrogen-bond donors (Lipinski definition) is 0. The zero-order valence-electron chi connectivity index (χ0n) is 18.0. The van der Waals surface area contributed by atoms with Crippen LogP contribution in [0.25, 0.3) is 5.57 Å². The molecular formula is C27H25F3N2. The summed E-state index contributed by atoms with van der Waals surface area (Å²) in [6, 6.07) is 22.6. The largest absolute Gasteiger partial charge is 0.416 e. The van der Waals surface area contributed by atoms with E-state index in [1.807, 2.05) is 42.3 Å². The third kappa shape index (κ3) is 3.82. The Hall–Kier alpha value is -3.05. The first-order valence-electron chi connectivity index (χ1n) is 10.9. The lowest BCUT2D eigenvalue weighted by Gasteiger charge is -2.36. The number of alkyl halides is 3. The molecule has 0 saturated carbocycles. The van der Waals surface area contributed by atoms with Crippen LogP contribution in [0.15, 0.2) is 78.4 Å². The van der Waals surface area contributed by atoms with Crippen molar-refractivity contribution in [2.24, 2.45) is 0 Å². The van der Waals surface area contributed by atoms with E-state index >= 15 is 0 Å². The fourth-order valence-corrected chi connectivity index (χ4v) is 4.91. The number of para-hydroxylation sites is 1. The normalized spacial score (nSPS) is 16.7. The van der Waals surface area contributed by atoms with Gasteiger partial charge in [0.15, 0.2) is 0 Å². The second-order valence-corrected chi connectivity index (χ2v) is 8.55. The molecule has 0 N–H and O–H groups in total. The monoisotopic (exact) mass is 434 g/mol. The summed E-state index contributed by atoms with van der Waals surface area (Å²) in [7, 11) is 1.93. The second-order valence-electron chi connectivity index (χ2n) is 8.55. The molecule has 0 bridgehead atoms. The Kier molecular flexibility index (Phi) is 5.30. The van der Waals surface area contributed by atoms with Crippen molar-refractivity contribution in [2.75, 3.05) is 25.0 Å². The van der Waals surface area contributed by atoms with Gasteiger partial charge in [0.25, 0.3) is 0 Å². The molecule has 5 rings (SSSR count). The van der Waals surface area contributed by atoms with Gasteiger partial charge in [-0.2, -0.15) is 13.2 Å². The average molecular weight is 435 g/mol. The topological polar surface area (TPSA) is 6.48 Å². The molecule has 2 nitrogen and oxygen atoms in total. The highest BCUT2D eigenvalue weighted by atomic mass is 19.4. The van der Waals surface area contributed by atoms with Gasteiger partial charge in [-0.3, -0.25) is 4.90 Å². The summed E-state index contributed by atoms with van der Waals surface area (Å²) in [6.07, 6.45) is -2.65. The van der Waals surface area contributed by atoms with Gasteiger partial charge in [0.1, 0.15) is 0 Å². The third-order valence-corrected chi connectivity index (χ3v) is 6.55. The molecule has 5 heteroatoms. The van der Waals surface area contributed by atoms with Crippen LogP contribution in [0, 0.1) is 0 Å². The molecule has 0 aliphatic carbocycles. The molecular weight excluding hydrogens is 409 g/mol. The molecule has 0 spiro atoms. The molecule has 0 aromatic heterocycles. The van der Waals surface area contributed by atoms with Gasteiger partial charge in [0, 0.05) is 49.2 Å². The summed E-state index contributed by atoms with van der Waals surface area (Å²) in [4.78, 5) is 4.42. The van der Waals surface area contributed by atoms with Crippen LogP contribution < -0.4 is 4.90 Å². The Morgan fingerprint density at radius 3 is 2.16 bits per heavy atom. The highest BCUT2D eigenvalue weighted by molar-refractivity contribution is 5.99. The van der Waals surface area contributed by atoms with E-state index < -0.39 is 11.7 Å². The number of nitrogens with zero attached hydrogens (tertiary/aromatic N) is 2. The zero-order valence-corrected chi connectivity index (χ0v) is 18.0. The van der Waals surface area contributed by atoms with Crippen LogP contribution in [0.3, 0.4) is 0 Å². The lowest BCUT2D eigenvalue weighted by Crippen LogP contribution is -2.31.